The predicted molar refractivity (Wildman–Crippen MR) is 68.4 cm³/mol. The normalized spacial score (nSPS) is 10.3. The molecule has 0 fully saturated rings. The van der Waals surface area contributed by atoms with Crippen LogP contribution in [0.4, 0.5) is 0 Å². The molecule has 0 bridgehead atoms. The number of aryl methyl sites for hydroxylation is 1. The van der Waals surface area contributed by atoms with Crippen molar-refractivity contribution in [2.75, 3.05) is 0 Å². The first kappa shape index (κ1) is 12.2. The topological polar surface area (TPSA) is 63.1 Å². The first-order chi connectivity index (χ1) is 8.70. The summed E-state index contributed by atoms with van der Waals surface area (Å²) in [4.78, 5) is 10.7. The molecule has 1 N–H and O–H groups in total. The summed E-state index contributed by atoms with van der Waals surface area (Å²) in [5, 5.41) is 16.3. The second kappa shape index (κ2) is 5.40. The first-order valence-electron chi connectivity index (χ1n) is 5.87. The van der Waals surface area contributed by atoms with E-state index in [2.05, 4.69) is 29.3 Å². The Balaban J connectivity index is 2.23. The maximum Gasteiger partial charge on any atom is 0.356 e. The van der Waals surface area contributed by atoms with Crippen molar-refractivity contribution in [2.24, 2.45) is 0 Å². The lowest BCUT2D eigenvalue weighted by Crippen LogP contribution is -2.01. The summed E-state index contributed by atoms with van der Waals surface area (Å²) in [5.41, 5.74) is 2.88. The Labute approximate surface area is 105 Å². The molecule has 18 heavy (non-hydrogen) atoms. The van der Waals surface area contributed by atoms with Gasteiger partial charge in [0.2, 0.25) is 0 Å². The van der Waals surface area contributed by atoms with Crippen LogP contribution >= 0.6 is 0 Å². The van der Waals surface area contributed by atoms with Gasteiger partial charge in [0, 0.05) is 5.56 Å². The van der Waals surface area contributed by atoms with E-state index in [9.17, 15) is 4.79 Å². The second-order valence-electron chi connectivity index (χ2n) is 4.06. The Hall–Kier alpha value is -2.23. The summed E-state index contributed by atoms with van der Waals surface area (Å²) in [7, 11) is 0. The van der Waals surface area contributed by atoms with Gasteiger partial charge in [0.25, 0.3) is 0 Å². The van der Waals surface area contributed by atoms with E-state index in [1.165, 1.54) is 11.6 Å². The highest BCUT2D eigenvalue weighted by molar-refractivity contribution is 5.85. The zero-order valence-electron chi connectivity index (χ0n) is 10.1. The largest absolute Gasteiger partial charge is 0.476 e. The molecule has 4 heteroatoms. The van der Waals surface area contributed by atoms with Gasteiger partial charge in [-0.15, -0.1) is 10.2 Å². The zero-order valence-corrected chi connectivity index (χ0v) is 10.1. The van der Waals surface area contributed by atoms with E-state index >= 15 is 0 Å². The van der Waals surface area contributed by atoms with Gasteiger partial charge in [0.15, 0.2) is 5.69 Å². The fraction of sp³-hybridized carbons (Fsp3) is 0.214. The summed E-state index contributed by atoms with van der Waals surface area (Å²) in [5.74, 6) is -1.06. The lowest BCUT2D eigenvalue weighted by atomic mass is 10.1. The van der Waals surface area contributed by atoms with Crippen molar-refractivity contribution >= 4 is 5.97 Å². The average molecular weight is 242 g/mol. The molecular formula is C14H14N2O2. The van der Waals surface area contributed by atoms with Gasteiger partial charge in [-0.2, -0.15) is 0 Å². The van der Waals surface area contributed by atoms with Crippen LogP contribution < -0.4 is 0 Å². The molecule has 92 valence electrons. The van der Waals surface area contributed by atoms with E-state index in [4.69, 9.17) is 5.11 Å². The minimum absolute atomic E-state index is 0.0404. The Morgan fingerprint density at radius 2 is 1.83 bits per heavy atom. The molecule has 1 heterocycles. The third-order valence-electron chi connectivity index (χ3n) is 2.67. The molecule has 0 radical (unpaired) electrons. The summed E-state index contributed by atoms with van der Waals surface area (Å²) >= 11 is 0. The van der Waals surface area contributed by atoms with Crippen LogP contribution in [0.5, 0.6) is 0 Å². The molecule has 1 aromatic heterocycles. The summed E-state index contributed by atoms with van der Waals surface area (Å²) < 4.78 is 0. The fourth-order valence-electron chi connectivity index (χ4n) is 1.73. The van der Waals surface area contributed by atoms with Crippen molar-refractivity contribution in [1.82, 2.24) is 10.2 Å². The van der Waals surface area contributed by atoms with E-state index in [1.54, 1.807) is 6.07 Å². The summed E-state index contributed by atoms with van der Waals surface area (Å²) in [6.07, 6.45) is 2.18. The average Bonchev–Trinajstić information content (AvgIpc) is 2.40. The highest BCUT2D eigenvalue weighted by atomic mass is 16.4. The maximum absolute atomic E-state index is 10.7. The lowest BCUT2D eigenvalue weighted by Gasteiger charge is -2.02. The number of benzene rings is 1. The van der Waals surface area contributed by atoms with Gasteiger partial charge in [-0.3, -0.25) is 0 Å². The number of hydrogen-bond acceptors (Lipinski definition) is 3. The monoisotopic (exact) mass is 242 g/mol. The van der Waals surface area contributed by atoms with E-state index in [0.29, 0.717) is 5.69 Å². The molecule has 0 atom stereocenters. The number of carboxylic acids is 1. The number of aromatic carboxylic acids is 1. The van der Waals surface area contributed by atoms with Gasteiger partial charge >= 0.3 is 5.97 Å². The van der Waals surface area contributed by atoms with Crippen LogP contribution in [-0.4, -0.2) is 21.3 Å². The molecule has 0 amide bonds. The number of aromatic nitrogens is 2. The van der Waals surface area contributed by atoms with Gasteiger partial charge in [0.05, 0.1) is 5.69 Å². The van der Waals surface area contributed by atoms with E-state index < -0.39 is 5.97 Å². The van der Waals surface area contributed by atoms with Crippen molar-refractivity contribution in [3.05, 3.63) is 47.7 Å². The third-order valence-corrected chi connectivity index (χ3v) is 2.67. The lowest BCUT2D eigenvalue weighted by molar-refractivity contribution is 0.0689. The number of hydrogen-bond donors (Lipinski definition) is 1. The van der Waals surface area contributed by atoms with E-state index in [0.717, 1.165) is 18.4 Å². The zero-order chi connectivity index (χ0) is 13.0. The van der Waals surface area contributed by atoms with Crippen LogP contribution in [0, 0.1) is 0 Å². The number of carbonyl (C=O) groups is 1. The fourth-order valence-corrected chi connectivity index (χ4v) is 1.73. The maximum atomic E-state index is 10.7. The van der Waals surface area contributed by atoms with Crippen LogP contribution in [0.1, 0.15) is 29.4 Å². The Kier molecular flexibility index (Phi) is 3.67. The Morgan fingerprint density at radius 3 is 2.33 bits per heavy atom. The predicted octanol–water partition coefficient (Wildman–Crippen LogP) is 2.79. The second-order valence-corrected chi connectivity index (χ2v) is 4.06. The quantitative estimate of drug-likeness (QED) is 0.895. The minimum atomic E-state index is -1.06. The molecule has 0 saturated heterocycles. The molecular weight excluding hydrogens is 228 g/mol. The van der Waals surface area contributed by atoms with Gasteiger partial charge in [-0.1, -0.05) is 37.6 Å². The van der Waals surface area contributed by atoms with Crippen molar-refractivity contribution in [2.45, 2.75) is 19.8 Å². The number of nitrogens with zero attached hydrogens (tertiary/aromatic N) is 2. The van der Waals surface area contributed by atoms with Crippen molar-refractivity contribution in [3.8, 4) is 11.3 Å². The highest BCUT2D eigenvalue weighted by Gasteiger charge is 2.06. The Bertz CT molecular complexity index is 533. The number of rotatable bonds is 4. The van der Waals surface area contributed by atoms with Crippen LogP contribution in [0.2, 0.25) is 0 Å². The van der Waals surface area contributed by atoms with Gasteiger partial charge in [0.1, 0.15) is 0 Å². The van der Waals surface area contributed by atoms with Crippen LogP contribution in [-0.2, 0) is 6.42 Å². The molecule has 2 aromatic rings. The van der Waals surface area contributed by atoms with Crippen LogP contribution in [0.3, 0.4) is 0 Å². The van der Waals surface area contributed by atoms with Crippen LogP contribution in [0.15, 0.2) is 36.4 Å². The molecule has 1 aromatic carbocycles. The third kappa shape index (κ3) is 2.71. The van der Waals surface area contributed by atoms with Crippen LogP contribution in [0.25, 0.3) is 11.3 Å². The van der Waals surface area contributed by atoms with Crippen molar-refractivity contribution in [3.63, 3.8) is 0 Å². The van der Waals surface area contributed by atoms with Gasteiger partial charge in [-0.05, 0) is 24.1 Å². The van der Waals surface area contributed by atoms with Gasteiger partial charge in [-0.25, -0.2) is 4.79 Å². The first-order valence-corrected chi connectivity index (χ1v) is 5.87. The van der Waals surface area contributed by atoms with Gasteiger partial charge < -0.3 is 5.11 Å². The van der Waals surface area contributed by atoms with Crippen molar-refractivity contribution < 1.29 is 9.90 Å². The smallest absolute Gasteiger partial charge is 0.356 e. The number of carboxylic acid groups (broad SMARTS) is 1. The Morgan fingerprint density at radius 1 is 1.11 bits per heavy atom. The molecule has 0 aliphatic carbocycles. The summed E-state index contributed by atoms with van der Waals surface area (Å²) in [6.45, 7) is 2.14. The minimum Gasteiger partial charge on any atom is -0.476 e. The van der Waals surface area contributed by atoms with E-state index in [1.807, 2.05) is 12.1 Å². The van der Waals surface area contributed by atoms with Crippen molar-refractivity contribution in [1.29, 1.82) is 0 Å². The SMILES string of the molecule is CCCc1ccc(-c2ccc(C(=O)O)nn2)cc1. The molecule has 0 saturated carbocycles. The molecule has 2 rings (SSSR count). The molecule has 0 aliphatic rings. The summed E-state index contributed by atoms with van der Waals surface area (Å²) in [6, 6.07) is 11.2. The molecule has 0 aliphatic heterocycles. The highest BCUT2D eigenvalue weighted by Crippen LogP contribution is 2.17. The molecule has 0 spiro atoms. The van der Waals surface area contributed by atoms with E-state index in [-0.39, 0.29) is 5.69 Å². The standard InChI is InChI=1S/C14H14N2O2/c1-2-3-10-4-6-11(7-5-10)12-8-9-13(14(17)18)16-15-12/h4-9H,2-3H2,1H3,(H,17,18). The molecule has 0 unspecified atom stereocenters. The molecule has 4 nitrogen and oxygen atoms in total.